The average Bonchev–Trinajstić information content (AvgIpc) is 3.20. The molecule has 1 aliphatic heterocycles. The van der Waals surface area contributed by atoms with Crippen LogP contribution in [0.4, 0.5) is 11.5 Å². The largest absolute Gasteiger partial charge is 0.330 e. The summed E-state index contributed by atoms with van der Waals surface area (Å²) in [6.45, 7) is 4.54. The summed E-state index contributed by atoms with van der Waals surface area (Å²) < 4.78 is 2.06. The van der Waals surface area contributed by atoms with Crippen LogP contribution in [0.15, 0.2) is 67.0 Å². The van der Waals surface area contributed by atoms with E-state index in [1.165, 1.54) is 0 Å². The first-order valence-corrected chi connectivity index (χ1v) is 10.2. The van der Waals surface area contributed by atoms with Gasteiger partial charge in [0.05, 0.1) is 18.6 Å². The molecule has 30 heavy (non-hydrogen) atoms. The average molecular weight is 402 g/mol. The standard InChI is InChI=1S/C24H26N4O2/c1-17(2)28-16-25-22-21(28)14-20(23(29)26(3)19-12-8-5-9-13-19)24(30)27(22)15-18-10-6-4-7-11-18/h4-13,16-17,20H,14-15H2,1-3H3. The Hall–Kier alpha value is -3.41. The summed E-state index contributed by atoms with van der Waals surface area (Å²) in [6, 6.07) is 19.4. The molecule has 1 aromatic heterocycles. The van der Waals surface area contributed by atoms with E-state index in [9.17, 15) is 9.59 Å². The molecule has 0 aliphatic carbocycles. The summed E-state index contributed by atoms with van der Waals surface area (Å²) >= 11 is 0. The van der Waals surface area contributed by atoms with E-state index in [-0.39, 0.29) is 17.9 Å². The SMILES string of the molecule is CC(C)n1cnc2c1CC(C(=O)N(C)c1ccccc1)C(=O)N2Cc1ccccc1. The summed E-state index contributed by atoms with van der Waals surface area (Å²) in [7, 11) is 1.72. The van der Waals surface area contributed by atoms with Gasteiger partial charge in [0.15, 0.2) is 5.82 Å². The molecule has 0 N–H and O–H groups in total. The Kier molecular flexibility index (Phi) is 5.40. The number of fused-ring (bicyclic) bond motifs is 1. The number of hydrogen-bond donors (Lipinski definition) is 0. The number of nitrogens with zero attached hydrogens (tertiary/aromatic N) is 4. The van der Waals surface area contributed by atoms with E-state index < -0.39 is 5.92 Å². The summed E-state index contributed by atoms with van der Waals surface area (Å²) in [5.41, 5.74) is 2.70. The smallest absolute Gasteiger partial charge is 0.241 e. The third kappa shape index (κ3) is 3.61. The molecule has 154 valence electrons. The second-order valence-corrected chi connectivity index (χ2v) is 7.92. The summed E-state index contributed by atoms with van der Waals surface area (Å²) in [5, 5.41) is 0. The zero-order valence-corrected chi connectivity index (χ0v) is 17.5. The van der Waals surface area contributed by atoms with E-state index in [0.717, 1.165) is 16.9 Å². The lowest BCUT2D eigenvalue weighted by Crippen LogP contribution is -2.48. The van der Waals surface area contributed by atoms with E-state index in [4.69, 9.17) is 0 Å². The Balaban J connectivity index is 1.71. The molecular weight excluding hydrogens is 376 g/mol. The number of carbonyl (C=O) groups excluding carboxylic acids is 2. The Morgan fingerprint density at radius 1 is 1.10 bits per heavy atom. The maximum Gasteiger partial charge on any atom is 0.241 e. The van der Waals surface area contributed by atoms with Gasteiger partial charge in [0.2, 0.25) is 11.8 Å². The van der Waals surface area contributed by atoms with Crippen molar-refractivity contribution in [2.75, 3.05) is 16.8 Å². The molecule has 6 nitrogen and oxygen atoms in total. The molecule has 0 saturated heterocycles. The number of hydrogen-bond acceptors (Lipinski definition) is 3. The van der Waals surface area contributed by atoms with Gasteiger partial charge >= 0.3 is 0 Å². The molecular formula is C24H26N4O2. The zero-order valence-electron chi connectivity index (χ0n) is 17.5. The van der Waals surface area contributed by atoms with Gasteiger partial charge in [0.25, 0.3) is 0 Å². The summed E-state index contributed by atoms with van der Waals surface area (Å²) in [6.07, 6.45) is 2.13. The normalized spacial score (nSPS) is 15.9. The van der Waals surface area contributed by atoms with Crippen LogP contribution in [-0.4, -0.2) is 28.4 Å². The molecule has 0 spiro atoms. The number of carbonyl (C=O) groups is 2. The van der Waals surface area contributed by atoms with E-state index in [0.29, 0.717) is 18.8 Å². The minimum Gasteiger partial charge on any atom is -0.330 e. The Morgan fingerprint density at radius 3 is 2.37 bits per heavy atom. The van der Waals surface area contributed by atoms with Crippen molar-refractivity contribution in [2.45, 2.75) is 32.9 Å². The first-order valence-electron chi connectivity index (χ1n) is 10.2. The van der Waals surface area contributed by atoms with Crippen LogP contribution in [0.2, 0.25) is 0 Å². The fourth-order valence-corrected chi connectivity index (χ4v) is 3.94. The van der Waals surface area contributed by atoms with Crippen LogP contribution in [0, 0.1) is 5.92 Å². The van der Waals surface area contributed by atoms with Crippen LogP contribution in [0.5, 0.6) is 0 Å². The van der Waals surface area contributed by atoms with E-state index >= 15 is 0 Å². The molecule has 1 atom stereocenters. The molecule has 0 bridgehead atoms. The number of amides is 2. The van der Waals surface area contributed by atoms with Gasteiger partial charge in [-0.15, -0.1) is 0 Å². The monoisotopic (exact) mass is 402 g/mol. The van der Waals surface area contributed by atoms with Crippen LogP contribution < -0.4 is 9.80 Å². The predicted octanol–water partition coefficient (Wildman–Crippen LogP) is 3.83. The van der Waals surface area contributed by atoms with Crippen molar-refractivity contribution in [1.29, 1.82) is 0 Å². The predicted molar refractivity (Wildman–Crippen MR) is 117 cm³/mol. The van der Waals surface area contributed by atoms with Crippen molar-refractivity contribution < 1.29 is 9.59 Å². The molecule has 1 aliphatic rings. The molecule has 4 rings (SSSR count). The van der Waals surface area contributed by atoms with Crippen molar-refractivity contribution in [3.8, 4) is 0 Å². The fourth-order valence-electron chi connectivity index (χ4n) is 3.94. The van der Waals surface area contributed by atoms with Gasteiger partial charge < -0.3 is 9.47 Å². The van der Waals surface area contributed by atoms with Crippen LogP contribution in [0.25, 0.3) is 0 Å². The van der Waals surface area contributed by atoms with Gasteiger partial charge in [-0.25, -0.2) is 4.98 Å². The van der Waals surface area contributed by atoms with Gasteiger partial charge in [-0.1, -0.05) is 48.5 Å². The topological polar surface area (TPSA) is 58.4 Å². The van der Waals surface area contributed by atoms with Gasteiger partial charge in [0.1, 0.15) is 5.92 Å². The van der Waals surface area contributed by atoms with Crippen molar-refractivity contribution in [2.24, 2.45) is 5.92 Å². The van der Waals surface area contributed by atoms with Crippen LogP contribution in [0.3, 0.4) is 0 Å². The fraction of sp³-hybridized carbons (Fsp3) is 0.292. The second-order valence-electron chi connectivity index (χ2n) is 7.92. The molecule has 6 heteroatoms. The van der Waals surface area contributed by atoms with E-state index in [1.807, 2.05) is 60.7 Å². The number of anilines is 2. The molecule has 0 saturated carbocycles. The van der Waals surface area contributed by atoms with Gasteiger partial charge in [-0.05, 0) is 31.5 Å². The summed E-state index contributed by atoms with van der Waals surface area (Å²) in [5.74, 6) is -0.524. The van der Waals surface area contributed by atoms with Gasteiger partial charge in [-0.3, -0.25) is 14.5 Å². The highest BCUT2D eigenvalue weighted by Gasteiger charge is 2.41. The Labute approximate surface area is 176 Å². The van der Waals surface area contributed by atoms with Crippen molar-refractivity contribution in [1.82, 2.24) is 9.55 Å². The minimum absolute atomic E-state index is 0.190. The van der Waals surface area contributed by atoms with Gasteiger partial charge in [-0.2, -0.15) is 0 Å². The lowest BCUT2D eigenvalue weighted by molar-refractivity contribution is -0.132. The second kappa shape index (κ2) is 8.14. The van der Waals surface area contributed by atoms with Crippen molar-refractivity contribution in [3.63, 3.8) is 0 Å². The third-order valence-electron chi connectivity index (χ3n) is 5.60. The molecule has 0 fully saturated rings. The van der Waals surface area contributed by atoms with E-state index in [2.05, 4.69) is 23.4 Å². The molecule has 0 radical (unpaired) electrons. The number of para-hydroxylation sites is 1. The third-order valence-corrected chi connectivity index (χ3v) is 5.60. The highest BCUT2D eigenvalue weighted by molar-refractivity contribution is 6.13. The van der Waals surface area contributed by atoms with Crippen LogP contribution in [0.1, 0.15) is 31.1 Å². The maximum atomic E-state index is 13.5. The van der Waals surface area contributed by atoms with Crippen molar-refractivity contribution in [3.05, 3.63) is 78.2 Å². The Bertz CT molecular complexity index is 1040. The zero-order chi connectivity index (χ0) is 21.3. The maximum absolute atomic E-state index is 13.5. The Morgan fingerprint density at radius 2 is 1.73 bits per heavy atom. The minimum atomic E-state index is -0.777. The van der Waals surface area contributed by atoms with Crippen LogP contribution >= 0.6 is 0 Å². The van der Waals surface area contributed by atoms with E-state index in [1.54, 1.807) is 23.2 Å². The number of rotatable bonds is 5. The number of benzene rings is 2. The molecule has 1 unspecified atom stereocenters. The van der Waals surface area contributed by atoms with Gasteiger partial charge in [0, 0.05) is 25.2 Å². The number of aromatic nitrogens is 2. The highest BCUT2D eigenvalue weighted by Crippen LogP contribution is 2.33. The first kappa shape index (κ1) is 19.9. The lowest BCUT2D eigenvalue weighted by atomic mass is 9.94. The molecule has 2 amide bonds. The number of imidazole rings is 1. The lowest BCUT2D eigenvalue weighted by Gasteiger charge is -2.33. The van der Waals surface area contributed by atoms with Crippen molar-refractivity contribution >= 4 is 23.3 Å². The quantitative estimate of drug-likeness (QED) is 0.610. The molecule has 2 aromatic carbocycles. The molecule has 2 heterocycles. The van der Waals surface area contributed by atoms with Crippen LogP contribution in [-0.2, 0) is 22.6 Å². The summed E-state index contributed by atoms with van der Waals surface area (Å²) in [4.78, 5) is 34.6. The first-order chi connectivity index (χ1) is 14.5. The molecule has 3 aromatic rings. The highest BCUT2D eigenvalue weighted by atomic mass is 16.2.